The molecule has 1 aromatic carbocycles. The van der Waals surface area contributed by atoms with Crippen LogP contribution in [0.1, 0.15) is 37.8 Å². The van der Waals surface area contributed by atoms with E-state index < -0.39 is 0 Å². The molecule has 0 amide bonds. The Kier molecular flexibility index (Phi) is 4.40. The molecule has 0 atom stereocenters. The normalized spacial score (nSPS) is 20.6. The summed E-state index contributed by atoms with van der Waals surface area (Å²) in [6, 6.07) is 7.91. The van der Waals surface area contributed by atoms with Crippen LogP contribution in [0.5, 0.6) is 0 Å². The fourth-order valence-corrected chi connectivity index (χ4v) is 4.18. The molecule has 26 heavy (non-hydrogen) atoms. The lowest BCUT2D eigenvalue weighted by Gasteiger charge is -2.29. The van der Waals surface area contributed by atoms with Crippen LogP contribution in [0.15, 0.2) is 40.1 Å². The number of rotatable bonds is 2. The second-order valence-corrected chi connectivity index (χ2v) is 7.50. The Labute approximate surface area is 159 Å². The highest BCUT2D eigenvalue weighted by molar-refractivity contribution is 6.41. The quantitative estimate of drug-likeness (QED) is 0.669. The SMILES string of the molecule is Cn1c(=O)n(C2CCC(n3ncc(Cl)c(Cl)c3=O)CC2)c2ccccc21. The fourth-order valence-electron chi connectivity index (χ4n) is 3.92. The lowest BCUT2D eigenvalue weighted by molar-refractivity contribution is 0.254. The first-order chi connectivity index (χ1) is 12.5. The van der Waals surface area contributed by atoms with Crippen molar-refractivity contribution < 1.29 is 0 Å². The summed E-state index contributed by atoms with van der Waals surface area (Å²) < 4.78 is 5.00. The molecule has 1 aliphatic carbocycles. The predicted molar refractivity (Wildman–Crippen MR) is 102 cm³/mol. The van der Waals surface area contributed by atoms with Crippen molar-refractivity contribution in [2.45, 2.75) is 37.8 Å². The van der Waals surface area contributed by atoms with Gasteiger partial charge in [0.25, 0.3) is 5.56 Å². The average molecular weight is 393 g/mol. The lowest BCUT2D eigenvalue weighted by Crippen LogP contribution is -2.33. The summed E-state index contributed by atoms with van der Waals surface area (Å²) in [5, 5.41) is 4.33. The highest BCUT2D eigenvalue weighted by Gasteiger charge is 2.28. The molecule has 0 radical (unpaired) electrons. The third kappa shape index (κ3) is 2.68. The number of aromatic nitrogens is 4. The molecule has 0 unspecified atom stereocenters. The maximum atomic E-state index is 12.7. The minimum atomic E-state index is -0.357. The summed E-state index contributed by atoms with van der Waals surface area (Å²) in [6.07, 6.45) is 4.52. The van der Waals surface area contributed by atoms with Gasteiger partial charge in [-0.2, -0.15) is 5.10 Å². The number of para-hydroxylation sites is 2. The summed E-state index contributed by atoms with van der Waals surface area (Å²) in [6.45, 7) is 0. The number of benzene rings is 1. The van der Waals surface area contributed by atoms with Crippen molar-refractivity contribution in [1.29, 1.82) is 0 Å². The standard InChI is InChI=1S/C18H18Cl2N4O2/c1-22-14-4-2-3-5-15(14)23(18(22)26)11-6-8-12(9-7-11)24-17(25)16(20)13(19)10-21-24/h2-5,10-12H,6-9H2,1H3. The van der Waals surface area contributed by atoms with Crippen molar-refractivity contribution in [1.82, 2.24) is 18.9 Å². The minimum absolute atomic E-state index is 0.000482. The topological polar surface area (TPSA) is 61.8 Å². The van der Waals surface area contributed by atoms with E-state index >= 15 is 0 Å². The van der Waals surface area contributed by atoms with Gasteiger partial charge >= 0.3 is 5.69 Å². The smallest absolute Gasteiger partial charge is 0.295 e. The second-order valence-electron chi connectivity index (χ2n) is 6.72. The van der Waals surface area contributed by atoms with Gasteiger partial charge in [0.15, 0.2) is 0 Å². The van der Waals surface area contributed by atoms with Crippen LogP contribution in [0, 0.1) is 0 Å². The minimum Gasteiger partial charge on any atom is -0.295 e. The Balaban J connectivity index is 1.62. The van der Waals surface area contributed by atoms with Crippen LogP contribution in [0.25, 0.3) is 11.0 Å². The third-order valence-electron chi connectivity index (χ3n) is 5.27. The molecule has 136 valence electrons. The van der Waals surface area contributed by atoms with Gasteiger partial charge in [-0.1, -0.05) is 35.3 Å². The van der Waals surface area contributed by atoms with Crippen molar-refractivity contribution in [2.24, 2.45) is 7.05 Å². The molecule has 0 spiro atoms. The van der Waals surface area contributed by atoms with Gasteiger partial charge in [-0.3, -0.25) is 13.9 Å². The largest absolute Gasteiger partial charge is 0.329 e. The molecule has 0 saturated heterocycles. The van der Waals surface area contributed by atoms with Gasteiger partial charge in [-0.05, 0) is 37.8 Å². The van der Waals surface area contributed by atoms with Gasteiger partial charge in [0.2, 0.25) is 0 Å². The summed E-state index contributed by atoms with van der Waals surface area (Å²) in [5.41, 5.74) is 1.53. The second kappa shape index (κ2) is 6.59. The highest BCUT2D eigenvalue weighted by atomic mass is 35.5. The van der Waals surface area contributed by atoms with E-state index in [4.69, 9.17) is 23.2 Å². The first-order valence-corrected chi connectivity index (χ1v) is 9.33. The zero-order valence-corrected chi connectivity index (χ0v) is 15.7. The molecule has 3 aromatic rings. The van der Waals surface area contributed by atoms with E-state index in [0.29, 0.717) is 0 Å². The van der Waals surface area contributed by atoms with Crippen molar-refractivity contribution in [3.8, 4) is 0 Å². The van der Waals surface area contributed by atoms with Crippen LogP contribution in [-0.2, 0) is 7.05 Å². The molecule has 0 bridgehead atoms. The van der Waals surface area contributed by atoms with Gasteiger partial charge in [-0.15, -0.1) is 0 Å². The number of aryl methyl sites for hydroxylation is 1. The Morgan fingerprint density at radius 3 is 2.31 bits per heavy atom. The third-order valence-corrected chi connectivity index (χ3v) is 6.02. The van der Waals surface area contributed by atoms with Crippen LogP contribution in [0.4, 0.5) is 0 Å². The van der Waals surface area contributed by atoms with E-state index in [1.54, 1.807) is 11.6 Å². The molecule has 2 aromatic heterocycles. The zero-order valence-electron chi connectivity index (χ0n) is 14.2. The number of halogens is 2. The predicted octanol–water partition coefficient (Wildman–Crippen LogP) is 3.56. The molecule has 6 nitrogen and oxygen atoms in total. The maximum absolute atomic E-state index is 12.7. The van der Waals surface area contributed by atoms with Crippen LogP contribution in [0.2, 0.25) is 10.0 Å². The van der Waals surface area contributed by atoms with Crippen LogP contribution in [-0.4, -0.2) is 18.9 Å². The fraction of sp³-hybridized carbons (Fsp3) is 0.389. The van der Waals surface area contributed by atoms with Crippen LogP contribution < -0.4 is 11.2 Å². The first-order valence-electron chi connectivity index (χ1n) is 8.58. The molecule has 0 N–H and O–H groups in total. The molecule has 2 heterocycles. The number of hydrogen-bond donors (Lipinski definition) is 0. The van der Waals surface area contributed by atoms with Gasteiger partial charge in [0.05, 0.1) is 28.3 Å². The lowest BCUT2D eigenvalue weighted by atomic mass is 9.91. The number of hydrogen-bond acceptors (Lipinski definition) is 3. The van der Waals surface area contributed by atoms with E-state index in [-0.39, 0.29) is 33.4 Å². The van der Waals surface area contributed by atoms with E-state index in [1.807, 2.05) is 28.8 Å². The Morgan fingerprint density at radius 1 is 1.00 bits per heavy atom. The molecular weight excluding hydrogens is 375 g/mol. The van der Waals surface area contributed by atoms with Crippen molar-refractivity contribution in [3.63, 3.8) is 0 Å². The van der Waals surface area contributed by atoms with Gasteiger partial charge in [0, 0.05) is 13.1 Å². The monoisotopic (exact) mass is 392 g/mol. The highest BCUT2D eigenvalue weighted by Crippen LogP contribution is 2.35. The molecule has 8 heteroatoms. The summed E-state index contributed by atoms with van der Waals surface area (Å²) >= 11 is 11.8. The van der Waals surface area contributed by atoms with Crippen molar-refractivity contribution >= 4 is 34.2 Å². The Morgan fingerprint density at radius 2 is 1.62 bits per heavy atom. The van der Waals surface area contributed by atoms with E-state index in [1.165, 1.54) is 10.9 Å². The maximum Gasteiger partial charge on any atom is 0.329 e. The molecular formula is C18H18Cl2N4O2. The van der Waals surface area contributed by atoms with E-state index in [0.717, 1.165) is 36.7 Å². The Hall–Kier alpha value is -2.05. The van der Waals surface area contributed by atoms with Crippen LogP contribution >= 0.6 is 23.2 Å². The summed E-state index contributed by atoms with van der Waals surface area (Å²) in [5.74, 6) is 0. The van der Waals surface area contributed by atoms with Crippen LogP contribution in [0.3, 0.4) is 0 Å². The molecule has 0 aliphatic heterocycles. The summed E-state index contributed by atoms with van der Waals surface area (Å²) in [7, 11) is 1.80. The van der Waals surface area contributed by atoms with E-state index in [9.17, 15) is 9.59 Å². The molecule has 1 aliphatic rings. The molecule has 4 rings (SSSR count). The summed E-state index contributed by atoms with van der Waals surface area (Å²) in [4.78, 5) is 25.0. The van der Waals surface area contributed by atoms with Crippen molar-refractivity contribution in [3.05, 3.63) is 61.3 Å². The average Bonchev–Trinajstić information content (AvgIpc) is 2.91. The zero-order chi connectivity index (χ0) is 18.4. The van der Waals surface area contributed by atoms with E-state index in [2.05, 4.69) is 5.10 Å². The van der Waals surface area contributed by atoms with Gasteiger partial charge < -0.3 is 0 Å². The number of fused-ring (bicyclic) bond motifs is 1. The number of nitrogens with zero attached hydrogens (tertiary/aromatic N) is 4. The molecule has 1 fully saturated rings. The Bertz CT molecular complexity index is 1090. The first kappa shape index (κ1) is 17.4. The van der Waals surface area contributed by atoms with Gasteiger partial charge in [-0.25, -0.2) is 9.48 Å². The number of imidazole rings is 1. The van der Waals surface area contributed by atoms with Crippen molar-refractivity contribution in [2.75, 3.05) is 0 Å². The molecule has 1 saturated carbocycles. The van der Waals surface area contributed by atoms with Gasteiger partial charge in [0.1, 0.15) is 5.02 Å².